The summed E-state index contributed by atoms with van der Waals surface area (Å²) in [7, 11) is 0. The van der Waals surface area contributed by atoms with Crippen LogP contribution < -0.4 is 0 Å². The highest BCUT2D eigenvalue weighted by Crippen LogP contribution is 2.29. The van der Waals surface area contributed by atoms with Crippen LogP contribution in [0.3, 0.4) is 0 Å². The van der Waals surface area contributed by atoms with Gasteiger partial charge in [-0.1, -0.05) is 0 Å². The fraction of sp³-hybridized carbons (Fsp3) is 0.125. The molecule has 4 nitrogen and oxygen atoms in total. The number of hydrogen-bond donors (Lipinski definition) is 1. The number of aldehydes is 1. The third-order valence-electron chi connectivity index (χ3n) is 1.66. The molecule has 1 N–H and O–H groups in total. The average Bonchev–Trinajstić information content (AvgIpc) is 2.10. The molecule has 4 heteroatoms. The Balaban J connectivity index is 3.38. The molecule has 0 saturated carbocycles. The molecule has 1 aromatic rings. The van der Waals surface area contributed by atoms with E-state index < -0.39 is 0 Å². The summed E-state index contributed by atoms with van der Waals surface area (Å²) in [5, 5.41) is 12.0. The highest BCUT2D eigenvalue weighted by atomic mass is 16.3. The van der Waals surface area contributed by atoms with Gasteiger partial charge in [-0.25, -0.2) is 0 Å². The number of hydrogen-bond acceptors (Lipinski definition) is 4. The summed E-state index contributed by atoms with van der Waals surface area (Å²) in [5.74, 6) is -0.179. The molecule has 0 aliphatic carbocycles. The van der Waals surface area contributed by atoms with Gasteiger partial charge in [-0.2, -0.15) is 0 Å². The molecule has 0 unspecified atom stereocenters. The first kappa shape index (κ1) is 8.39. The van der Waals surface area contributed by atoms with Gasteiger partial charge in [0.15, 0.2) is 6.29 Å². The molecule has 0 aliphatic rings. The minimum absolute atomic E-state index is 0.151. The van der Waals surface area contributed by atoms with Crippen LogP contribution in [0.4, 0.5) is 5.69 Å². The van der Waals surface area contributed by atoms with E-state index in [1.807, 2.05) is 0 Å². The smallest absolute Gasteiger partial charge is 0.153 e. The lowest BCUT2D eigenvalue weighted by molar-refractivity contribution is 0.112. The van der Waals surface area contributed by atoms with Crippen LogP contribution in [-0.4, -0.2) is 11.4 Å². The summed E-state index contributed by atoms with van der Waals surface area (Å²) in [5.41, 5.74) is 0.646. The zero-order chi connectivity index (χ0) is 9.14. The fourth-order valence-electron chi connectivity index (χ4n) is 0.904. The Kier molecular flexibility index (Phi) is 2.19. The maximum atomic E-state index is 10.3. The number of phenolic OH excluding ortho intramolecular Hbond substituents is 1. The van der Waals surface area contributed by atoms with E-state index in [1.54, 1.807) is 0 Å². The van der Waals surface area contributed by atoms with Crippen molar-refractivity contribution < 1.29 is 9.90 Å². The van der Waals surface area contributed by atoms with Crippen molar-refractivity contribution in [3.8, 4) is 5.75 Å². The largest absolute Gasteiger partial charge is 0.507 e. The van der Waals surface area contributed by atoms with Crippen LogP contribution in [0.25, 0.3) is 0 Å². The first-order chi connectivity index (χ1) is 5.70. The molecule has 1 rings (SSSR count). The van der Waals surface area contributed by atoms with Crippen molar-refractivity contribution in [3.63, 3.8) is 0 Å². The zero-order valence-corrected chi connectivity index (χ0v) is 6.44. The molecule has 0 atom stereocenters. The molecule has 0 amide bonds. The van der Waals surface area contributed by atoms with E-state index in [1.165, 1.54) is 19.1 Å². The van der Waals surface area contributed by atoms with Crippen molar-refractivity contribution in [2.45, 2.75) is 6.92 Å². The fourth-order valence-corrected chi connectivity index (χ4v) is 0.904. The maximum Gasteiger partial charge on any atom is 0.153 e. The molecule has 0 aliphatic heterocycles. The Morgan fingerprint density at radius 3 is 2.67 bits per heavy atom. The average molecular weight is 165 g/mol. The SMILES string of the molecule is Cc1c(N=O)ccc(C=O)c1O. The van der Waals surface area contributed by atoms with Gasteiger partial charge in [0.05, 0.1) is 5.56 Å². The van der Waals surface area contributed by atoms with E-state index >= 15 is 0 Å². The lowest BCUT2D eigenvalue weighted by atomic mass is 10.1. The van der Waals surface area contributed by atoms with Crippen LogP contribution in [0.1, 0.15) is 15.9 Å². The Morgan fingerprint density at radius 2 is 2.17 bits per heavy atom. The van der Waals surface area contributed by atoms with E-state index in [4.69, 9.17) is 0 Å². The first-order valence-corrected chi connectivity index (χ1v) is 3.31. The summed E-state index contributed by atoms with van der Waals surface area (Å²) >= 11 is 0. The predicted octanol–water partition coefficient (Wildman–Crippen LogP) is 1.91. The summed E-state index contributed by atoms with van der Waals surface area (Å²) in [4.78, 5) is 20.4. The number of nitroso groups, excluding NO2 is 1. The molecule has 0 heterocycles. The van der Waals surface area contributed by atoms with Crippen molar-refractivity contribution >= 4 is 12.0 Å². The van der Waals surface area contributed by atoms with Crippen molar-refractivity contribution in [1.82, 2.24) is 0 Å². The van der Waals surface area contributed by atoms with Crippen molar-refractivity contribution in [2.75, 3.05) is 0 Å². The summed E-state index contributed by atoms with van der Waals surface area (Å²) in [6.07, 6.45) is 0.525. The maximum absolute atomic E-state index is 10.3. The van der Waals surface area contributed by atoms with E-state index in [-0.39, 0.29) is 17.0 Å². The number of carbonyl (C=O) groups is 1. The highest BCUT2D eigenvalue weighted by Gasteiger charge is 2.07. The Morgan fingerprint density at radius 1 is 1.50 bits per heavy atom. The second-order valence-electron chi connectivity index (χ2n) is 2.36. The van der Waals surface area contributed by atoms with Gasteiger partial charge in [0, 0.05) is 5.56 Å². The van der Waals surface area contributed by atoms with E-state index in [0.717, 1.165) is 0 Å². The number of phenols is 1. The minimum Gasteiger partial charge on any atom is -0.507 e. The van der Waals surface area contributed by atoms with E-state index in [0.29, 0.717) is 11.8 Å². The molecule has 62 valence electrons. The van der Waals surface area contributed by atoms with E-state index in [9.17, 15) is 14.8 Å². The van der Waals surface area contributed by atoms with Crippen LogP contribution in [0.2, 0.25) is 0 Å². The van der Waals surface area contributed by atoms with Gasteiger partial charge in [-0.15, -0.1) is 4.91 Å². The van der Waals surface area contributed by atoms with Gasteiger partial charge in [-0.05, 0) is 24.2 Å². The lowest BCUT2D eigenvalue weighted by Gasteiger charge is -2.01. The number of aromatic hydroxyl groups is 1. The van der Waals surface area contributed by atoms with Gasteiger partial charge in [-0.3, -0.25) is 4.79 Å². The normalized spacial score (nSPS) is 9.42. The van der Waals surface area contributed by atoms with Gasteiger partial charge in [0.25, 0.3) is 0 Å². The molecule has 0 saturated heterocycles. The summed E-state index contributed by atoms with van der Waals surface area (Å²) in [6.45, 7) is 1.53. The molecule has 12 heavy (non-hydrogen) atoms. The standard InChI is InChI=1S/C8H7NO3/c1-5-7(9-12)3-2-6(4-10)8(5)11/h2-4,11H,1H3. The quantitative estimate of drug-likeness (QED) is 0.537. The van der Waals surface area contributed by atoms with Gasteiger partial charge in [0.2, 0.25) is 0 Å². The van der Waals surface area contributed by atoms with Crippen LogP contribution in [0, 0.1) is 11.8 Å². The molecular formula is C8H7NO3. The molecule has 0 aromatic heterocycles. The van der Waals surface area contributed by atoms with Gasteiger partial charge >= 0.3 is 0 Å². The third kappa shape index (κ3) is 1.18. The minimum atomic E-state index is -0.179. The Hall–Kier alpha value is -1.71. The third-order valence-corrected chi connectivity index (χ3v) is 1.66. The second kappa shape index (κ2) is 3.13. The van der Waals surface area contributed by atoms with Crippen molar-refractivity contribution in [3.05, 3.63) is 28.2 Å². The molecule has 0 bridgehead atoms. The van der Waals surface area contributed by atoms with Crippen molar-refractivity contribution in [2.24, 2.45) is 5.18 Å². The topological polar surface area (TPSA) is 66.7 Å². The number of benzene rings is 1. The molecule has 0 fully saturated rings. The number of carbonyl (C=O) groups excluding carboxylic acids is 1. The number of rotatable bonds is 2. The van der Waals surface area contributed by atoms with E-state index in [2.05, 4.69) is 5.18 Å². The van der Waals surface area contributed by atoms with Gasteiger partial charge < -0.3 is 5.11 Å². The monoisotopic (exact) mass is 165 g/mol. The zero-order valence-electron chi connectivity index (χ0n) is 6.44. The number of nitrogens with zero attached hydrogens (tertiary/aromatic N) is 1. The van der Waals surface area contributed by atoms with Crippen LogP contribution in [0.5, 0.6) is 5.75 Å². The predicted molar refractivity (Wildman–Crippen MR) is 43.7 cm³/mol. The second-order valence-corrected chi connectivity index (χ2v) is 2.36. The Labute approximate surface area is 68.8 Å². The van der Waals surface area contributed by atoms with Crippen LogP contribution in [0.15, 0.2) is 17.3 Å². The molecule has 0 spiro atoms. The van der Waals surface area contributed by atoms with Crippen LogP contribution in [-0.2, 0) is 0 Å². The summed E-state index contributed by atoms with van der Waals surface area (Å²) in [6, 6.07) is 2.75. The van der Waals surface area contributed by atoms with Crippen molar-refractivity contribution in [1.29, 1.82) is 0 Å². The lowest BCUT2D eigenvalue weighted by Crippen LogP contribution is -1.84. The molecule has 0 radical (unpaired) electrons. The van der Waals surface area contributed by atoms with Crippen LogP contribution >= 0.6 is 0 Å². The first-order valence-electron chi connectivity index (χ1n) is 3.31. The molecule has 1 aromatic carbocycles. The molecular weight excluding hydrogens is 158 g/mol. The van der Waals surface area contributed by atoms with Gasteiger partial charge in [0.1, 0.15) is 11.4 Å². The highest BCUT2D eigenvalue weighted by molar-refractivity contribution is 5.81. The Bertz CT molecular complexity index is 300. The summed E-state index contributed by atoms with van der Waals surface area (Å²) < 4.78 is 0.